The van der Waals surface area contributed by atoms with Gasteiger partial charge in [-0.2, -0.15) is 0 Å². The van der Waals surface area contributed by atoms with Crippen molar-refractivity contribution in [1.29, 1.82) is 0 Å². The van der Waals surface area contributed by atoms with Crippen LogP contribution in [0, 0.1) is 30.9 Å². The van der Waals surface area contributed by atoms with Crippen LogP contribution in [0.4, 0.5) is 11.4 Å². The van der Waals surface area contributed by atoms with E-state index in [1.165, 1.54) is 19.2 Å². The number of nitro benzene ring substituents is 1. The van der Waals surface area contributed by atoms with Crippen LogP contribution in [0.2, 0.25) is 0 Å². The summed E-state index contributed by atoms with van der Waals surface area (Å²) >= 11 is 0. The molecule has 0 aliphatic carbocycles. The van der Waals surface area contributed by atoms with Crippen molar-refractivity contribution in [3.63, 3.8) is 0 Å². The lowest BCUT2D eigenvalue weighted by molar-refractivity contribution is -0.384. The number of ketones is 1. The zero-order valence-electron chi connectivity index (χ0n) is 16.9. The highest BCUT2D eigenvalue weighted by molar-refractivity contribution is 6.02. The van der Waals surface area contributed by atoms with Crippen molar-refractivity contribution in [1.82, 2.24) is 0 Å². The van der Waals surface area contributed by atoms with Gasteiger partial charge in [0, 0.05) is 37.0 Å². The number of esters is 1. The van der Waals surface area contributed by atoms with Crippen molar-refractivity contribution in [2.75, 3.05) is 32.2 Å². The molecule has 29 heavy (non-hydrogen) atoms. The van der Waals surface area contributed by atoms with Gasteiger partial charge in [0.05, 0.1) is 17.1 Å². The molecular formula is C21H24N2O6. The number of methoxy groups -OCH3 is 1. The maximum Gasteiger partial charge on any atom is 0.340 e. The standard InChI is InChI=1S/C21H24N2O6/c1-13-9-15(3)17(10-14(13)2)20(24)12-29-21(25)18-11-16(23(26)27)5-6-19(18)22-7-8-28-4/h5-6,9-11,22H,7-8,12H2,1-4H3. The fourth-order valence-corrected chi connectivity index (χ4v) is 2.80. The Balaban J connectivity index is 2.18. The summed E-state index contributed by atoms with van der Waals surface area (Å²) in [6, 6.07) is 7.52. The Morgan fingerprint density at radius 2 is 1.72 bits per heavy atom. The molecule has 0 unspecified atom stereocenters. The highest BCUT2D eigenvalue weighted by Gasteiger charge is 2.20. The van der Waals surface area contributed by atoms with Crippen molar-refractivity contribution >= 4 is 23.1 Å². The number of anilines is 1. The Morgan fingerprint density at radius 3 is 2.38 bits per heavy atom. The number of nitro groups is 1. The third-order valence-electron chi connectivity index (χ3n) is 4.53. The van der Waals surface area contributed by atoms with Gasteiger partial charge in [-0.1, -0.05) is 6.07 Å². The molecule has 0 atom stereocenters. The van der Waals surface area contributed by atoms with Gasteiger partial charge in [-0.25, -0.2) is 4.79 Å². The topological polar surface area (TPSA) is 108 Å². The molecule has 2 aromatic carbocycles. The molecule has 0 radical (unpaired) electrons. The summed E-state index contributed by atoms with van der Waals surface area (Å²) in [5.41, 5.74) is 3.43. The number of Topliss-reactive ketones (excluding diaryl/α,β-unsaturated/α-hetero) is 1. The van der Waals surface area contributed by atoms with Crippen LogP contribution in [0.5, 0.6) is 0 Å². The first-order chi connectivity index (χ1) is 13.7. The SMILES string of the molecule is COCCNc1ccc([N+](=O)[O-])cc1C(=O)OCC(=O)c1cc(C)c(C)cc1C. The molecule has 0 heterocycles. The number of rotatable bonds is 9. The number of non-ortho nitro benzene ring substituents is 1. The Bertz CT molecular complexity index is 939. The van der Waals surface area contributed by atoms with Gasteiger partial charge < -0.3 is 14.8 Å². The van der Waals surface area contributed by atoms with E-state index in [9.17, 15) is 19.7 Å². The van der Waals surface area contributed by atoms with Crippen LogP contribution in [0.3, 0.4) is 0 Å². The van der Waals surface area contributed by atoms with E-state index in [4.69, 9.17) is 9.47 Å². The van der Waals surface area contributed by atoms with E-state index in [0.29, 0.717) is 24.4 Å². The average Bonchev–Trinajstić information content (AvgIpc) is 2.68. The van der Waals surface area contributed by atoms with Crippen molar-refractivity contribution in [2.45, 2.75) is 20.8 Å². The maximum atomic E-state index is 12.5. The Kier molecular flexibility index (Phi) is 7.44. The Morgan fingerprint density at radius 1 is 1.03 bits per heavy atom. The minimum absolute atomic E-state index is 0.0140. The first kappa shape index (κ1) is 22.0. The van der Waals surface area contributed by atoms with Gasteiger partial charge in [-0.3, -0.25) is 14.9 Å². The van der Waals surface area contributed by atoms with Crippen LogP contribution >= 0.6 is 0 Å². The molecule has 0 spiro atoms. The van der Waals surface area contributed by atoms with Gasteiger partial charge in [0.2, 0.25) is 5.78 Å². The number of benzene rings is 2. The van der Waals surface area contributed by atoms with E-state index in [-0.39, 0.29) is 17.0 Å². The molecule has 1 N–H and O–H groups in total. The number of carbonyl (C=O) groups excluding carboxylic acids is 2. The van der Waals surface area contributed by atoms with E-state index in [1.54, 1.807) is 6.07 Å². The molecule has 0 bridgehead atoms. The molecule has 8 nitrogen and oxygen atoms in total. The summed E-state index contributed by atoms with van der Waals surface area (Å²) in [5, 5.41) is 14.0. The lowest BCUT2D eigenvalue weighted by Gasteiger charge is -2.12. The smallest absolute Gasteiger partial charge is 0.340 e. The number of hydrogen-bond acceptors (Lipinski definition) is 7. The molecule has 0 aromatic heterocycles. The van der Waals surface area contributed by atoms with E-state index in [1.807, 2.05) is 26.8 Å². The minimum Gasteiger partial charge on any atom is -0.454 e. The number of carbonyl (C=O) groups is 2. The molecule has 154 valence electrons. The summed E-state index contributed by atoms with van der Waals surface area (Å²) in [4.78, 5) is 35.5. The molecule has 0 saturated carbocycles. The Labute approximate surface area is 169 Å². The number of nitrogens with one attached hydrogen (secondary N) is 1. The van der Waals surface area contributed by atoms with Crippen LogP contribution in [0.1, 0.15) is 37.4 Å². The van der Waals surface area contributed by atoms with Crippen molar-refractivity contribution in [3.05, 3.63) is 68.3 Å². The van der Waals surface area contributed by atoms with Crippen molar-refractivity contribution < 1.29 is 24.0 Å². The molecule has 2 aromatic rings. The zero-order chi connectivity index (χ0) is 21.6. The molecule has 0 aliphatic heterocycles. The number of nitrogens with zero attached hydrogens (tertiary/aromatic N) is 1. The molecule has 0 fully saturated rings. The van der Waals surface area contributed by atoms with Crippen LogP contribution in [0.15, 0.2) is 30.3 Å². The van der Waals surface area contributed by atoms with Crippen LogP contribution in [0.25, 0.3) is 0 Å². The van der Waals surface area contributed by atoms with Gasteiger partial charge >= 0.3 is 5.97 Å². The second-order valence-electron chi connectivity index (χ2n) is 6.66. The van der Waals surface area contributed by atoms with Crippen molar-refractivity contribution in [3.8, 4) is 0 Å². The summed E-state index contributed by atoms with van der Waals surface area (Å²) < 4.78 is 10.1. The normalized spacial score (nSPS) is 10.5. The van der Waals surface area contributed by atoms with Crippen LogP contribution in [-0.4, -0.2) is 43.5 Å². The van der Waals surface area contributed by atoms with Crippen LogP contribution in [-0.2, 0) is 9.47 Å². The molecule has 8 heteroatoms. The summed E-state index contributed by atoms with van der Waals surface area (Å²) in [7, 11) is 1.53. The summed E-state index contributed by atoms with van der Waals surface area (Å²) in [5.74, 6) is -1.15. The van der Waals surface area contributed by atoms with E-state index < -0.39 is 17.5 Å². The largest absolute Gasteiger partial charge is 0.454 e. The molecule has 0 amide bonds. The van der Waals surface area contributed by atoms with Crippen molar-refractivity contribution in [2.24, 2.45) is 0 Å². The predicted molar refractivity (Wildman–Crippen MR) is 109 cm³/mol. The molecular weight excluding hydrogens is 376 g/mol. The van der Waals surface area contributed by atoms with E-state index in [0.717, 1.165) is 22.8 Å². The molecule has 0 saturated heterocycles. The second-order valence-corrected chi connectivity index (χ2v) is 6.66. The number of hydrogen-bond donors (Lipinski definition) is 1. The average molecular weight is 400 g/mol. The van der Waals surface area contributed by atoms with E-state index in [2.05, 4.69) is 5.32 Å². The van der Waals surface area contributed by atoms with Gasteiger partial charge in [-0.05, 0) is 49.6 Å². The Hall–Kier alpha value is -3.26. The molecule has 0 aliphatic rings. The lowest BCUT2D eigenvalue weighted by atomic mass is 9.98. The zero-order valence-corrected chi connectivity index (χ0v) is 16.9. The quantitative estimate of drug-likeness (QED) is 0.225. The summed E-state index contributed by atoms with van der Waals surface area (Å²) in [6.07, 6.45) is 0. The second kappa shape index (κ2) is 9.79. The number of aryl methyl sites for hydroxylation is 3. The van der Waals surface area contributed by atoms with Gasteiger partial charge in [0.15, 0.2) is 6.61 Å². The van der Waals surface area contributed by atoms with Gasteiger partial charge in [0.1, 0.15) is 0 Å². The van der Waals surface area contributed by atoms with Crippen LogP contribution < -0.4 is 5.32 Å². The first-order valence-electron chi connectivity index (χ1n) is 9.04. The monoisotopic (exact) mass is 400 g/mol. The lowest BCUT2D eigenvalue weighted by Crippen LogP contribution is -2.18. The van der Waals surface area contributed by atoms with Gasteiger partial charge in [0.25, 0.3) is 5.69 Å². The third kappa shape index (κ3) is 5.61. The third-order valence-corrected chi connectivity index (χ3v) is 4.53. The fourth-order valence-electron chi connectivity index (χ4n) is 2.80. The number of ether oxygens (including phenoxy) is 2. The maximum absolute atomic E-state index is 12.5. The van der Waals surface area contributed by atoms with E-state index >= 15 is 0 Å². The minimum atomic E-state index is -0.816. The van der Waals surface area contributed by atoms with Gasteiger partial charge in [-0.15, -0.1) is 0 Å². The predicted octanol–water partition coefficient (Wildman–Crippen LogP) is 3.62. The summed E-state index contributed by atoms with van der Waals surface area (Å²) in [6.45, 7) is 6.00. The highest BCUT2D eigenvalue weighted by atomic mass is 16.6. The first-order valence-corrected chi connectivity index (χ1v) is 9.04. The highest BCUT2D eigenvalue weighted by Crippen LogP contribution is 2.23. The molecule has 2 rings (SSSR count). The fraction of sp³-hybridized carbons (Fsp3) is 0.333.